The minimum atomic E-state index is -0.580. The third-order valence-electron chi connectivity index (χ3n) is 4.81. The second-order valence-electron chi connectivity index (χ2n) is 6.87. The van der Waals surface area contributed by atoms with Crippen molar-refractivity contribution in [1.82, 2.24) is 5.32 Å². The summed E-state index contributed by atoms with van der Waals surface area (Å²) in [5.74, 6) is -0.345. The van der Waals surface area contributed by atoms with Crippen molar-refractivity contribution in [2.24, 2.45) is 17.6 Å². The van der Waals surface area contributed by atoms with Gasteiger partial charge in [0.05, 0.1) is 0 Å². The van der Waals surface area contributed by atoms with Crippen LogP contribution in [-0.2, 0) is 9.59 Å². The Hall–Kier alpha value is -1.88. The molecule has 0 bridgehead atoms. The lowest BCUT2D eigenvalue weighted by Crippen LogP contribution is -2.46. The molecule has 2 amide bonds. The Morgan fingerprint density at radius 2 is 1.91 bits per heavy atom. The van der Waals surface area contributed by atoms with E-state index in [1.807, 2.05) is 26.0 Å². The van der Waals surface area contributed by atoms with Gasteiger partial charge in [-0.25, -0.2) is 0 Å². The van der Waals surface area contributed by atoms with E-state index in [2.05, 4.69) is 11.4 Å². The molecule has 3 rings (SSSR count). The van der Waals surface area contributed by atoms with Crippen LogP contribution < -0.4 is 16.0 Å². The van der Waals surface area contributed by atoms with Gasteiger partial charge in [0.2, 0.25) is 11.8 Å². The average molecular weight is 315 g/mol. The van der Waals surface area contributed by atoms with Crippen LogP contribution in [0.2, 0.25) is 0 Å². The van der Waals surface area contributed by atoms with Gasteiger partial charge in [-0.1, -0.05) is 6.07 Å². The van der Waals surface area contributed by atoms with Crippen molar-refractivity contribution >= 4 is 17.5 Å². The fourth-order valence-corrected chi connectivity index (χ4v) is 3.44. The zero-order valence-electron chi connectivity index (χ0n) is 13.8. The van der Waals surface area contributed by atoms with Crippen LogP contribution in [0.1, 0.15) is 30.4 Å². The first-order valence-corrected chi connectivity index (χ1v) is 8.39. The van der Waals surface area contributed by atoms with Gasteiger partial charge in [-0.2, -0.15) is 0 Å². The topological polar surface area (TPSA) is 75.4 Å². The van der Waals surface area contributed by atoms with E-state index in [9.17, 15) is 9.59 Å². The highest BCUT2D eigenvalue weighted by Gasteiger charge is 2.40. The summed E-state index contributed by atoms with van der Waals surface area (Å²) in [5.41, 5.74) is 8.87. The first-order chi connectivity index (χ1) is 11.0. The molecular formula is C18H25N3O2. The highest BCUT2D eigenvalue weighted by molar-refractivity contribution is 6.09. The first kappa shape index (κ1) is 16.0. The molecule has 1 saturated carbocycles. The summed E-state index contributed by atoms with van der Waals surface area (Å²) in [7, 11) is 0. The van der Waals surface area contributed by atoms with Gasteiger partial charge in [0.15, 0.2) is 0 Å². The quantitative estimate of drug-likeness (QED) is 0.809. The number of nitrogens with two attached hydrogens (primary N) is 1. The maximum absolute atomic E-state index is 12.7. The van der Waals surface area contributed by atoms with Gasteiger partial charge in [-0.15, -0.1) is 0 Å². The van der Waals surface area contributed by atoms with E-state index >= 15 is 0 Å². The van der Waals surface area contributed by atoms with Crippen LogP contribution in [0.3, 0.4) is 0 Å². The normalized spacial score (nSPS) is 22.3. The number of carbonyl (C=O) groups excluding carboxylic acids is 2. The molecular weight excluding hydrogens is 290 g/mol. The zero-order valence-corrected chi connectivity index (χ0v) is 13.8. The molecule has 1 aromatic carbocycles. The molecule has 1 aliphatic heterocycles. The average Bonchev–Trinajstić information content (AvgIpc) is 3.26. The van der Waals surface area contributed by atoms with Crippen LogP contribution in [0.25, 0.3) is 0 Å². The van der Waals surface area contributed by atoms with Gasteiger partial charge in [0.1, 0.15) is 5.92 Å². The third kappa shape index (κ3) is 3.39. The van der Waals surface area contributed by atoms with Crippen molar-refractivity contribution in [2.75, 3.05) is 18.0 Å². The number of aryl methyl sites for hydroxylation is 2. The standard InChI is InChI=1S/C18H25N3O2/c1-11-7-12(2)9-14(8-11)21-6-5-15(18(21)23)17(22)20-16(10-19)13-3-4-13/h7-9,13,15-16H,3-6,10,19H2,1-2H3,(H,20,22). The molecule has 2 fully saturated rings. The Kier molecular flexibility index (Phi) is 4.39. The molecule has 124 valence electrons. The van der Waals surface area contributed by atoms with Gasteiger partial charge in [0, 0.05) is 24.8 Å². The SMILES string of the molecule is Cc1cc(C)cc(N2CCC(C(=O)NC(CN)C3CC3)C2=O)c1. The van der Waals surface area contributed by atoms with Gasteiger partial charge >= 0.3 is 0 Å². The second kappa shape index (κ2) is 6.32. The molecule has 1 heterocycles. The number of rotatable bonds is 5. The van der Waals surface area contributed by atoms with Crippen molar-refractivity contribution in [3.63, 3.8) is 0 Å². The molecule has 23 heavy (non-hydrogen) atoms. The minimum absolute atomic E-state index is 0.0190. The van der Waals surface area contributed by atoms with E-state index in [1.165, 1.54) is 0 Å². The molecule has 2 atom stereocenters. The van der Waals surface area contributed by atoms with Crippen LogP contribution in [0.5, 0.6) is 0 Å². The zero-order chi connectivity index (χ0) is 16.6. The Bertz CT molecular complexity index is 604. The predicted octanol–water partition coefficient (Wildman–Crippen LogP) is 1.51. The van der Waals surface area contributed by atoms with Gasteiger partial charge in [-0.05, 0) is 62.3 Å². The van der Waals surface area contributed by atoms with Gasteiger partial charge < -0.3 is 16.0 Å². The van der Waals surface area contributed by atoms with Crippen LogP contribution >= 0.6 is 0 Å². The van der Waals surface area contributed by atoms with Crippen molar-refractivity contribution in [1.29, 1.82) is 0 Å². The minimum Gasteiger partial charge on any atom is -0.351 e. The van der Waals surface area contributed by atoms with E-state index < -0.39 is 5.92 Å². The molecule has 1 saturated heterocycles. The van der Waals surface area contributed by atoms with E-state index in [0.29, 0.717) is 25.4 Å². The van der Waals surface area contributed by atoms with Crippen molar-refractivity contribution in [2.45, 2.75) is 39.2 Å². The molecule has 2 aliphatic rings. The highest BCUT2D eigenvalue weighted by Crippen LogP contribution is 2.33. The summed E-state index contributed by atoms with van der Waals surface area (Å²) >= 11 is 0. The summed E-state index contributed by atoms with van der Waals surface area (Å²) in [4.78, 5) is 26.8. The van der Waals surface area contributed by atoms with Crippen LogP contribution in [0.15, 0.2) is 18.2 Å². The monoisotopic (exact) mass is 315 g/mol. The number of hydrogen-bond acceptors (Lipinski definition) is 3. The van der Waals surface area contributed by atoms with Crippen LogP contribution in [-0.4, -0.2) is 30.9 Å². The van der Waals surface area contributed by atoms with E-state index in [0.717, 1.165) is 29.7 Å². The fourth-order valence-electron chi connectivity index (χ4n) is 3.44. The number of anilines is 1. The highest BCUT2D eigenvalue weighted by atomic mass is 16.2. The fraction of sp³-hybridized carbons (Fsp3) is 0.556. The Morgan fingerprint density at radius 3 is 2.48 bits per heavy atom. The van der Waals surface area contributed by atoms with E-state index in [-0.39, 0.29) is 17.9 Å². The lowest BCUT2D eigenvalue weighted by molar-refractivity contribution is -0.132. The van der Waals surface area contributed by atoms with Crippen LogP contribution in [0, 0.1) is 25.7 Å². The second-order valence-corrected chi connectivity index (χ2v) is 6.87. The lowest BCUT2D eigenvalue weighted by Gasteiger charge is -2.20. The molecule has 5 heteroatoms. The number of nitrogens with zero attached hydrogens (tertiary/aromatic N) is 1. The lowest BCUT2D eigenvalue weighted by atomic mass is 10.1. The van der Waals surface area contributed by atoms with Crippen LogP contribution in [0.4, 0.5) is 5.69 Å². The summed E-state index contributed by atoms with van der Waals surface area (Å²) in [5, 5.41) is 2.98. The van der Waals surface area contributed by atoms with Crippen molar-refractivity contribution < 1.29 is 9.59 Å². The number of benzene rings is 1. The first-order valence-electron chi connectivity index (χ1n) is 8.39. The molecule has 0 aromatic heterocycles. The molecule has 1 aromatic rings. The number of nitrogens with one attached hydrogen (secondary N) is 1. The maximum atomic E-state index is 12.7. The van der Waals surface area contributed by atoms with E-state index in [1.54, 1.807) is 4.90 Å². The van der Waals surface area contributed by atoms with Gasteiger partial charge in [0.25, 0.3) is 0 Å². The molecule has 3 N–H and O–H groups in total. The molecule has 0 radical (unpaired) electrons. The maximum Gasteiger partial charge on any atom is 0.239 e. The smallest absolute Gasteiger partial charge is 0.239 e. The Balaban J connectivity index is 1.69. The van der Waals surface area contributed by atoms with Gasteiger partial charge in [-0.3, -0.25) is 9.59 Å². The molecule has 2 unspecified atom stereocenters. The summed E-state index contributed by atoms with van der Waals surface area (Å²) < 4.78 is 0. The number of carbonyl (C=O) groups is 2. The predicted molar refractivity (Wildman–Crippen MR) is 90.1 cm³/mol. The number of hydrogen-bond donors (Lipinski definition) is 2. The molecule has 5 nitrogen and oxygen atoms in total. The number of amides is 2. The third-order valence-corrected chi connectivity index (χ3v) is 4.81. The van der Waals surface area contributed by atoms with E-state index in [4.69, 9.17) is 5.73 Å². The summed E-state index contributed by atoms with van der Waals surface area (Å²) in [6.45, 7) is 5.07. The Labute approximate surface area is 137 Å². The largest absolute Gasteiger partial charge is 0.351 e. The molecule has 0 spiro atoms. The molecule has 1 aliphatic carbocycles. The summed E-state index contributed by atoms with van der Waals surface area (Å²) in [6, 6.07) is 6.09. The van der Waals surface area contributed by atoms with Crippen molar-refractivity contribution in [3.05, 3.63) is 29.3 Å². The Morgan fingerprint density at radius 1 is 1.26 bits per heavy atom. The van der Waals surface area contributed by atoms with Crippen molar-refractivity contribution in [3.8, 4) is 0 Å². The summed E-state index contributed by atoms with van der Waals surface area (Å²) in [6.07, 6.45) is 2.81.